The van der Waals surface area contributed by atoms with Gasteiger partial charge >= 0.3 is 0 Å². The number of nitrogens with zero attached hydrogens (tertiary/aromatic N) is 5. The van der Waals surface area contributed by atoms with Crippen LogP contribution in [0.1, 0.15) is 5.69 Å². The van der Waals surface area contributed by atoms with E-state index in [1.54, 1.807) is 12.4 Å². The predicted octanol–water partition coefficient (Wildman–Crippen LogP) is 4.11. The van der Waals surface area contributed by atoms with Crippen LogP contribution in [0.4, 0.5) is 0 Å². The lowest BCUT2D eigenvalue weighted by Gasteiger charge is -2.11. The summed E-state index contributed by atoms with van der Waals surface area (Å²) in [4.78, 5) is 22.0. The van der Waals surface area contributed by atoms with Gasteiger partial charge in [-0.25, -0.2) is 9.67 Å². The number of halogens is 1. The van der Waals surface area contributed by atoms with E-state index < -0.39 is 0 Å². The molecule has 0 radical (unpaired) electrons. The van der Waals surface area contributed by atoms with Crippen molar-refractivity contribution in [1.29, 1.82) is 0 Å². The number of hydrogen-bond donors (Lipinski definition) is 0. The summed E-state index contributed by atoms with van der Waals surface area (Å²) in [6.45, 7) is 0.446. The molecule has 0 aliphatic carbocycles. The van der Waals surface area contributed by atoms with Crippen LogP contribution in [0, 0.1) is 0 Å². The third-order valence-corrected chi connectivity index (χ3v) is 5.51. The molecule has 0 fully saturated rings. The van der Waals surface area contributed by atoms with Crippen molar-refractivity contribution in [2.75, 3.05) is 0 Å². The van der Waals surface area contributed by atoms with Crippen molar-refractivity contribution in [2.24, 2.45) is 0 Å². The normalized spacial score (nSPS) is 11.3. The molecule has 0 N–H and O–H groups in total. The Bertz CT molecular complexity index is 1360. The maximum absolute atomic E-state index is 13.3. The number of imidazole rings is 1. The van der Waals surface area contributed by atoms with Gasteiger partial charge in [0.25, 0.3) is 5.56 Å². The molecule has 0 atom stereocenters. The minimum atomic E-state index is -0.112. The average Bonchev–Trinajstić information content (AvgIpc) is 3.18. The Morgan fingerprint density at radius 1 is 1.00 bits per heavy atom. The van der Waals surface area contributed by atoms with E-state index in [0.717, 1.165) is 27.9 Å². The van der Waals surface area contributed by atoms with E-state index in [0.29, 0.717) is 23.0 Å². The fraction of sp³-hybridized carbons (Fsp3) is 0.0909. The van der Waals surface area contributed by atoms with Crippen molar-refractivity contribution < 1.29 is 0 Å². The number of hydrogen-bond acceptors (Lipinski definition) is 4. The molecule has 0 aliphatic heterocycles. The van der Waals surface area contributed by atoms with Crippen LogP contribution < -0.4 is 5.56 Å². The number of aromatic nitrogens is 5. The Morgan fingerprint density at radius 3 is 2.69 bits per heavy atom. The average molecular weight is 446 g/mol. The zero-order valence-electron chi connectivity index (χ0n) is 15.4. The zero-order valence-corrected chi connectivity index (χ0v) is 17.0. The molecular formula is C22H16BrN5O. The van der Waals surface area contributed by atoms with E-state index in [1.807, 2.05) is 65.3 Å². The first-order valence-corrected chi connectivity index (χ1v) is 10.0. The molecule has 5 aromatic rings. The highest BCUT2D eigenvalue weighted by atomic mass is 79.9. The molecule has 142 valence electrons. The Labute approximate surface area is 174 Å². The van der Waals surface area contributed by atoms with Crippen LogP contribution in [0.15, 0.2) is 82.7 Å². The van der Waals surface area contributed by atoms with E-state index in [9.17, 15) is 4.79 Å². The summed E-state index contributed by atoms with van der Waals surface area (Å²) in [6.07, 6.45) is 8.02. The van der Waals surface area contributed by atoms with Crippen molar-refractivity contribution >= 4 is 32.3 Å². The second kappa shape index (κ2) is 7.25. The fourth-order valence-electron chi connectivity index (χ4n) is 3.54. The molecule has 7 heteroatoms. The van der Waals surface area contributed by atoms with Gasteiger partial charge in [-0.3, -0.25) is 9.78 Å². The molecule has 4 aromatic heterocycles. The van der Waals surface area contributed by atoms with Crippen molar-refractivity contribution in [1.82, 2.24) is 24.1 Å². The summed E-state index contributed by atoms with van der Waals surface area (Å²) in [5, 5.41) is 5.93. The molecule has 1 aromatic carbocycles. The van der Waals surface area contributed by atoms with Crippen LogP contribution in [0.5, 0.6) is 0 Å². The molecule has 5 rings (SSSR count). The first kappa shape index (κ1) is 17.8. The maximum Gasteiger partial charge on any atom is 0.275 e. The lowest BCUT2D eigenvalue weighted by atomic mass is 10.0. The summed E-state index contributed by atoms with van der Waals surface area (Å²) in [7, 11) is 0. The van der Waals surface area contributed by atoms with Crippen LogP contribution in [0.25, 0.3) is 27.5 Å². The summed E-state index contributed by atoms with van der Waals surface area (Å²) in [5.74, 6) is 0. The van der Waals surface area contributed by atoms with Gasteiger partial charge in [0.2, 0.25) is 0 Å². The molecule has 29 heavy (non-hydrogen) atoms. The summed E-state index contributed by atoms with van der Waals surface area (Å²) >= 11 is 3.54. The number of pyridine rings is 2. The summed E-state index contributed by atoms with van der Waals surface area (Å²) < 4.78 is 4.14. The third kappa shape index (κ3) is 3.23. The van der Waals surface area contributed by atoms with E-state index >= 15 is 0 Å². The summed E-state index contributed by atoms with van der Waals surface area (Å²) in [5.41, 5.74) is 3.53. The van der Waals surface area contributed by atoms with E-state index in [1.165, 1.54) is 4.68 Å². The van der Waals surface area contributed by atoms with Gasteiger partial charge in [-0.15, -0.1) is 0 Å². The lowest BCUT2D eigenvalue weighted by Crippen LogP contribution is -2.25. The topological polar surface area (TPSA) is 65.1 Å². The predicted molar refractivity (Wildman–Crippen MR) is 116 cm³/mol. The number of benzene rings is 1. The molecule has 0 bridgehead atoms. The van der Waals surface area contributed by atoms with Crippen LogP contribution in [-0.2, 0) is 13.0 Å². The molecule has 0 saturated heterocycles. The largest absolute Gasteiger partial charge is 0.307 e. The Morgan fingerprint density at radius 2 is 1.86 bits per heavy atom. The van der Waals surface area contributed by atoms with Crippen molar-refractivity contribution in [3.05, 3.63) is 94.0 Å². The molecule has 0 saturated carbocycles. The fourth-order valence-corrected chi connectivity index (χ4v) is 4.06. The number of rotatable bonds is 4. The van der Waals surface area contributed by atoms with Crippen molar-refractivity contribution in [2.45, 2.75) is 13.0 Å². The minimum absolute atomic E-state index is 0.112. The van der Waals surface area contributed by atoms with Crippen molar-refractivity contribution in [3.8, 4) is 11.1 Å². The molecule has 0 amide bonds. The maximum atomic E-state index is 13.3. The van der Waals surface area contributed by atoms with E-state index in [2.05, 4.69) is 31.0 Å². The second-order valence-electron chi connectivity index (χ2n) is 6.73. The quantitative estimate of drug-likeness (QED) is 0.417. The third-order valence-electron chi connectivity index (χ3n) is 4.93. The first-order valence-electron chi connectivity index (χ1n) is 9.23. The van der Waals surface area contributed by atoms with Crippen LogP contribution in [0.3, 0.4) is 0 Å². The molecule has 6 nitrogen and oxygen atoms in total. The summed E-state index contributed by atoms with van der Waals surface area (Å²) in [6, 6.07) is 15.5. The Balaban J connectivity index is 1.57. The molecule has 4 heterocycles. The van der Waals surface area contributed by atoms with Gasteiger partial charge in [0, 0.05) is 36.6 Å². The van der Waals surface area contributed by atoms with Gasteiger partial charge in [0.05, 0.1) is 17.6 Å². The lowest BCUT2D eigenvalue weighted by molar-refractivity contribution is 0.575. The van der Waals surface area contributed by atoms with Gasteiger partial charge in [-0.2, -0.15) is 5.10 Å². The molecular weight excluding hydrogens is 430 g/mol. The van der Waals surface area contributed by atoms with Gasteiger partial charge in [-0.1, -0.05) is 24.3 Å². The van der Waals surface area contributed by atoms with Crippen LogP contribution in [-0.4, -0.2) is 24.1 Å². The standard InChI is InChI=1S/C22H16BrN5O/c23-21-18-5-3-4-17(15-7-10-24-11-8-15)20(18)22(29)28(26-21)13-9-16-14-27-12-2-1-6-19(27)25-16/h1-8,10-12,14H,9,13H2. The Hall–Kier alpha value is -3.32. The van der Waals surface area contributed by atoms with Crippen LogP contribution >= 0.6 is 15.9 Å². The highest BCUT2D eigenvalue weighted by molar-refractivity contribution is 9.10. The smallest absolute Gasteiger partial charge is 0.275 e. The van der Waals surface area contributed by atoms with E-state index in [-0.39, 0.29) is 5.56 Å². The SMILES string of the molecule is O=c1c2c(-c3ccncc3)cccc2c(Br)nn1CCc1cn2ccccc2n1. The van der Waals surface area contributed by atoms with Gasteiger partial charge in [-0.05, 0) is 51.3 Å². The highest BCUT2D eigenvalue weighted by Crippen LogP contribution is 2.28. The first-order chi connectivity index (χ1) is 14.2. The van der Waals surface area contributed by atoms with Gasteiger partial charge in [0.1, 0.15) is 10.3 Å². The number of aryl methyl sites for hydroxylation is 2. The monoisotopic (exact) mass is 445 g/mol. The molecule has 0 aliphatic rings. The molecule has 0 spiro atoms. The molecule has 0 unspecified atom stereocenters. The Kier molecular flexibility index (Phi) is 4.44. The van der Waals surface area contributed by atoms with Gasteiger partial charge in [0.15, 0.2) is 0 Å². The van der Waals surface area contributed by atoms with Gasteiger partial charge < -0.3 is 4.40 Å². The van der Waals surface area contributed by atoms with E-state index in [4.69, 9.17) is 0 Å². The minimum Gasteiger partial charge on any atom is -0.307 e. The number of fused-ring (bicyclic) bond motifs is 2. The zero-order chi connectivity index (χ0) is 19.8. The highest BCUT2D eigenvalue weighted by Gasteiger charge is 2.14. The van der Waals surface area contributed by atoms with Crippen molar-refractivity contribution in [3.63, 3.8) is 0 Å². The van der Waals surface area contributed by atoms with Crippen LogP contribution in [0.2, 0.25) is 0 Å². The second-order valence-corrected chi connectivity index (χ2v) is 7.48.